The molecule has 0 aliphatic carbocycles. The number of carbonyl (C=O) groups excluding carboxylic acids is 1. The molecular weight excluding hydrogens is 304 g/mol. The first-order valence-electron chi connectivity index (χ1n) is 6.46. The first-order chi connectivity index (χ1) is 10.4. The second-order valence-corrected chi connectivity index (χ2v) is 6.23. The number of carbonyl (C=O) groups is 1. The van der Waals surface area contributed by atoms with Gasteiger partial charge in [0.2, 0.25) is 10.0 Å². The molecule has 1 aromatic carbocycles. The van der Waals surface area contributed by atoms with Gasteiger partial charge in [0.25, 0.3) is 0 Å². The van der Waals surface area contributed by atoms with E-state index in [0.717, 1.165) is 5.56 Å². The summed E-state index contributed by atoms with van der Waals surface area (Å²) in [6.07, 6.45) is 3.30. The van der Waals surface area contributed by atoms with Gasteiger partial charge >= 0.3 is 6.03 Å². The number of nitrogens with two attached hydrogens (primary N) is 1. The molecule has 2 rings (SSSR count). The van der Waals surface area contributed by atoms with Crippen LogP contribution in [0.15, 0.2) is 53.7 Å². The van der Waals surface area contributed by atoms with Crippen molar-refractivity contribution in [3.8, 4) is 0 Å². The van der Waals surface area contributed by atoms with Gasteiger partial charge in [-0.15, -0.1) is 0 Å². The minimum atomic E-state index is -3.74. The molecule has 0 fully saturated rings. The van der Waals surface area contributed by atoms with Crippen molar-refractivity contribution in [2.75, 3.05) is 5.32 Å². The summed E-state index contributed by atoms with van der Waals surface area (Å²) in [5.74, 6) is 0. The fraction of sp³-hybridized carbons (Fsp3) is 0.143. The highest BCUT2D eigenvalue weighted by atomic mass is 32.2. The van der Waals surface area contributed by atoms with Crippen molar-refractivity contribution in [2.45, 2.75) is 17.9 Å². The minimum Gasteiger partial charge on any atom is -0.331 e. The fourth-order valence-electron chi connectivity index (χ4n) is 1.83. The molecular formula is C14H16N4O3S. The normalized spacial score (nSPS) is 12.5. The van der Waals surface area contributed by atoms with Crippen LogP contribution in [0.4, 0.5) is 10.5 Å². The Bertz CT molecular complexity index is 745. The predicted molar refractivity (Wildman–Crippen MR) is 82.6 cm³/mol. The summed E-state index contributed by atoms with van der Waals surface area (Å²) >= 11 is 0. The highest BCUT2D eigenvalue weighted by Crippen LogP contribution is 2.14. The molecule has 116 valence electrons. The number of hydrogen-bond donors (Lipinski definition) is 3. The van der Waals surface area contributed by atoms with Gasteiger partial charge in [-0.1, -0.05) is 0 Å². The summed E-state index contributed by atoms with van der Waals surface area (Å²) in [5, 5.41) is 10.4. The fourth-order valence-corrected chi connectivity index (χ4v) is 2.34. The van der Waals surface area contributed by atoms with Gasteiger partial charge in [0.15, 0.2) is 0 Å². The van der Waals surface area contributed by atoms with Crippen LogP contribution in [-0.4, -0.2) is 19.4 Å². The number of hydrogen-bond acceptors (Lipinski definition) is 4. The predicted octanol–water partition coefficient (Wildman–Crippen LogP) is 1.61. The van der Waals surface area contributed by atoms with Crippen molar-refractivity contribution >= 4 is 21.7 Å². The quantitative estimate of drug-likeness (QED) is 0.794. The lowest BCUT2D eigenvalue weighted by molar-refractivity contribution is 0.249. The number of anilines is 1. The number of rotatable bonds is 4. The Balaban J connectivity index is 1.98. The summed E-state index contributed by atoms with van der Waals surface area (Å²) in [6, 6.07) is 8.64. The van der Waals surface area contributed by atoms with E-state index in [1.54, 1.807) is 12.4 Å². The van der Waals surface area contributed by atoms with E-state index in [9.17, 15) is 13.2 Å². The maximum Gasteiger partial charge on any atom is 0.319 e. The number of amides is 2. The topological polar surface area (TPSA) is 114 Å². The van der Waals surface area contributed by atoms with Gasteiger partial charge in [-0.3, -0.25) is 4.98 Å². The number of benzene rings is 1. The van der Waals surface area contributed by atoms with E-state index in [2.05, 4.69) is 15.6 Å². The number of pyridine rings is 1. The number of nitrogens with one attached hydrogen (secondary N) is 2. The van der Waals surface area contributed by atoms with Gasteiger partial charge in [-0.25, -0.2) is 18.4 Å². The van der Waals surface area contributed by atoms with Crippen molar-refractivity contribution in [3.63, 3.8) is 0 Å². The smallest absolute Gasteiger partial charge is 0.319 e. The van der Waals surface area contributed by atoms with Crippen molar-refractivity contribution in [1.82, 2.24) is 10.3 Å². The zero-order valence-electron chi connectivity index (χ0n) is 11.9. The van der Waals surface area contributed by atoms with E-state index in [1.165, 1.54) is 24.3 Å². The molecule has 2 aromatic rings. The molecule has 0 aliphatic heterocycles. The third-order valence-electron chi connectivity index (χ3n) is 2.99. The van der Waals surface area contributed by atoms with E-state index in [-0.39, 0.29) is 10.9 Å². The number of sulfonamides is 1. The van der Waals surface area contributed by atoms with E-state index < -0.39 is 16.1 Å². The van der Waals surface area contributed by atoms with Crippen LogP contribution in [0.1, 0.15) is 18.5 Å². The first kappa shape index (κ1) is 15.9. The molecule has 0 spiro atoms. The Hall–Kier alpha value is -2.45. The molecule has 7 nitrogen and oxygen atoms in total. The number of primary sulfonamides is 1. The lowest BCUT2D eigenvalue weighted by Crippen LogP contribution is -2.31. The highest BCUT2D eigenvalue weighted by molar-refractivity contribution is 7.89. The van der Waals surface area contributed by atoms with Gasteiger partial charge in [0.05, 0.1) is 10.9 Å². The Kier molecular flexibility index (Phi) is 4.74. The summed E-state index contributed by atoms with van der Waals surface area (Å²) in [5.41, 5.74) is 1.39. The van der Waals surface area contributed by atoms with Crippen LogP contribution in [0.2, 0.25) is 0 Å². The lowest BCUT2D eigenvalue weighted by Gasteiger charge is -2.15. The highest BCUT2D eigenvalue weighted by Gasteiger charge is 2.10. The zero-order valence-corrected chi connectivity index (χ0v) is 12.7. The number of nitrogens with zero attached hydrogens (tertiary/aromatic N) is 1. The average Bonchev–Trinajstić information content (AvgIpc) is 2.47. The molecule has 0 radical (unpaired) electrons. The van der Waals surface area contributed by atoms with Crippen LogP contribution < -0.4 is 15.8 Å². The van der Waals surface area contributed by atoms with Crippen LogP contribution in [0.5, 0.6) is 0 Å². The van der Waals surface area contributed by atoms with Gasteiger partial charge in [0, 0.05) is 18.1 Å². The Morgan fingerprint density at radius 3 is 2.27 bits per heavy atom. The molecule has 1 unspecified atom stereocenters. The molecule has 0 saturated heterocycles. The second kappa shape index (κ2) is 6.54. The van der Waals surface area contributed by atoms with Crippen molar-refractivity contribution < 1.29 is 13.2 Å². The summed E-state index contributed by atoms with van der Waals surface area (Å²) in [6.45, 7) is 1.85. The Labute approximate surface area is 128 Å². The SMILES string of the molecule is CC(NC(=O)Nc1ccc(S(N)(=O)=O)cc1)c1ccncc1. The zero-order chi connectivity index (χ0) is 16.2. The van der Waals surface area contributed by atoms with E-state index in [4.69, 9.17) is 5.14 Å². The van der Waals surface area contributed by atoms with Crippen molar-refractivity contribution in [2.24, 2.45) is 5.14 Å². The first-order valence-corrected chi connectivity index (χ1v) is 8.01. The third-order valence-corrected chi connectivity index (χ3v) is 3.92. The molecule has 0 saturated carbocycles. The molecule has 4 N–H and O–H groups in total. The lowest BCUT2D eigenvalue weighted by atomic mass is 10.1. The summed E-state index contributed by atoms with van der Waals surface area (Å²) < 4.78 is 22.3. The molecule has 1 heterocycles. The average molecular weight is 320 g/mol. The third kappa shape index (κ3) is 4.27. The standard InChI is InChI=1S/C14H16N4O3S/c1-10(11-6-8-16-9-7-11)17-14(19)18-12-2-4-13(5-3-12)22(15,20)21/h2-10H,1H3,(H2,15,20,21)(H2,17,18,19). The molecule has 2 amide bonds. The van der Waals surface area contributed by atoms with Crippen LogP contribution in [0.3, 0.4) is 0 Å². The van der Waals surface area contributed by atoms with Crippen molar-refractivity contribution in [1.29, 1.82) is 0 Å². The monoisotopic (exact) mass is 320 g/mol. The van der Waals surface area contributed by atoms with Crippen molar-refractivity contribution in [3.05, 3.63) is 54.4 Å². The van der Waals surface area contributed by atoms with Gasteiger partial charge in [0.1, 0.15) is 0 Å². The van der Waals surface area contributed by atoms with E-state index in [1.807, 2.05) is 19.1 Å². The Morgan fingerprint density at radius 2 is 1.73 bits per heavy atom. The molecule has 8 heteroatoms. The van der Waals surface area contributed by atoms with Crippen LogP contribution in [-0.2, 0) is 10.0 Å². The van der Waals surface area contributed by atoms with Gasteiger partial charge < -0.3 is 10.6 Å². The van der Waals surface area contributed by atoms with Crippen LogP contribution >= 0.6 is 0 Å². The molecule has 0 aliphatic rings. The van der Waals surface area contributed by atoms with Crippen LogP contribution in [0.25, 0.3) is 0 Å². The molecule has 0 bridgehead atoms. The van der Waals surface area contributed by atoms with E-state index in [0.29, 0.717) is 5.69 Å². The second-order valence-electron chi connectivity index (χ2n) is 4.67. The Morgan fingerprint density at radius 1 is 1.14 bits per heavy atom. The van der Waals surface area contributed by atoms with Gasteiger partial charge in [-0.05, 0) is 48.9 Å². The van der Waals surface area contributed by atoms with Gasteiger partial charge in [-0.2, -0.15) is 0 Å². The molecule has 1 aromatic heterocycles. The van der Waals surface area contributed by atoms with Crippen LogP contribution in [0, 0.1) is 0 Å². The molecule has 22 heavy (non-hydrogen) atoms. The molecule has 1 atom stereocenters. The number of urea groups is 1. The summed E-state index contributed by atoms with van der Waals surface area (Å²) in [4.78, 5) is 15.8. The largest absolute Gasteiger partial charge is 0.331 e. The maximum atomic E-state index is 11.9. The number of aromatic nitrogens is 1. The van der Waals surface area contributed by atoms with E-state index >= 15 is 0 Å². The minimum absolute atomic E-state index is 0.0105. The maximum absolute atomic E-state index is 11.9. The summed E-state index contributed by atoms with van der Waals surface area (Å²) in [7, 11) is -3.74.